The minimum atomic E-state index is -0.448. The molecule has 0 aliphatic carbocycles. The van der Waals surface area contributed by atoms with Gasteiger partial charge < -0.3 is 20.0 Å². The molecule has 4 amide bonds. The molecular weight excluding hydrogens is 344 g/mol. The van der Waals surface area contributed by atoms with E-state index in [9.17, 15) is 14.4 Å². The van der Waals surface area contributed by atoms with Crippen LogP contribution in [0.4, 0.5) is 4.79 Å². The molecule has 3 saturated heterocycles. The van der Waals surface area contributed by atoms with Crippen molar-refractivity contribution in [2.24, 2.45) is 5.41 Å². The third kappa shape index (κ3) is 3.50. The molecule has 3 aliphatic rings. The first-order chi connectivity index (χ1) is 13.0. The lowest BCUT2D eigenvalue weighted by atomic mass is 9.77. The zero-order valence-electron chi connectivity index (χ0n) is 15.7. The molecule has 4 rings (SSSR count). The second-order valence-electron chi connectivity index (χ2n) is 8.12. The van der Waals surface area contributed by atoms with E-state index in [-0.39, 0.29) is 23.3 Å². The second kappa shape index (κ2) is 6.87. The minimum absolute atomic E-state index is 0.00647. The van der Waals surface area contributed by atoms with E-state index < -0.39 is 6.04 Å². The predicted molar refractivity (Wildman–Crippen MR) is 99.7 cm³/mol. The number of carbonyl (C=O) groups excluding carboxylic acids is 3. The van der Waals surface area contributed by atoms with Crippen LogP contribution in [0, 0.1) is 5.41 Å². The van der Waals surface area contributed by atoms with Crippen LogP contribution in [0.2, 0.25) is 0 Å². The van der Waals surface area contributed by atoms with Crippen LogP contribution in [0.1, 0.15) is 24.8 Å². The van der Waals surface area contributed by atoms with E-state index in [0.29, 0.717) is 32.6 Å². The average molecular weight is 370 g/mol. The first kappa shape index (κ1) is 17.8. The molecule has 1 spiro atoms. The molecule has 0 bridgehead atoms. The van der Waals surface area contributed by atoms with Crippen molar-refractivity contribution in [3.05, 3.63) is 35.9 Å². The summed E-state index contributed by atoms with van der Waals surface area (Å²) in [5, 5.41) is 2.74. The number of amides is 4. The molecule has 7 nitrogen and oxygen atoms in total. The van der Waals surface area contributed by atoms with Crippen molar-refractivity contribution < 1.29 is 14.4 Å². The average Bonchev–Trinajstić information content (AvgIpc) is 3.15. The number of hydrogen-bond acceptors (Lipinski definition) is 3. The van der Waals surface area contributed by atoms with Gasteiger partial charge in [-0.25, -0.2) is 4.79 Å². The van der Waals surface area contributed by atoms with Crippen molar-refractivity contribution in [2.75, 3.05) is 33.2 Å². The molecule has 3 fully saturated rings. The van der Waals surface area contributed by atoms with Crippen LogP contribution in [0.5, 0.6) is 0 Å². The number of carbonyl (C=O) groups is 3. The fourth-order valence-corrected chi connectivity index (χ4v) is 4.49. The first-order valence-electron chi connectivity index (χ1n) is 9.58. The Morgan fingerprint density at radius 1 is 1.19 bits per heavy atom. The normalized spacial score (nSPS) is 24.6. The van der Waals surface area contributed by atoms with E-state index in [1.54, 1.807) is 7.05 Å². The molecule has 144 valence electrons. The monoisotopic (exact) mass is 370 g/mol. The zero-order valence-corrected chi connectivity index (χ0v) is 15.7. The highest BCUT2D eigenvalue weighted by atomic mass is 16.2. The summed E-state index contributed by atoms with van der Waals surface area (Å²) in [6.07, 6.45) is 2.25. The number of likely N-dealkylation sites (N-methyl/N-ethyl adjacent to an activating group) is 1. The fourth-order valence-electron chi connectivity index (χ4n) is 4.49. The number of nitrogens with one attached hydrogen (secondary N) is 1. The summed E-state index contributed by atoms with van der Waals surface area (Å²) in [5.74, 6) is 0.205. The summed E-state index contributed by atoms with van der Waals surface area (Å²) in [5.41, 5.74) is 1.13. The van der Waals surface area contributed by atoms with Crippen molar-refractivity contribution in [3.8, 4) is 0 Å². The molecule has 0 aromatic heterocycles. The van der Waals surface area contributed by atoms with Gasteiger partial charge in [0, 0.05) is 45.1 Å². The van der Waals surface area contributed by atoms with Gasteiger partial charge in [-0.05, 0) is 18.4 Å². The first-order valence-corrected chi connectivity index (χ1v) is 9.58. The molecule has 3 heterocycles. The van der Waals surface area contributed by atoms with Crippen LogP contribution in [0.25, 0.3) is 0 Å². The largest absolute Gasteiger partial charge is 0.341 e. The van der Waals surface area contributed by atoms with Crippen LogP contribution >= 0.6 is 0 Å². The van der Waals surface area contributed by atoms with Crippen LogP contribution < -0.4 is 5.32 Å². The van der Waals surface area contributed by atoms with Gasteiger partial charge in [-0.2, -0.15) is 0 Å². The van der Waals surface area contributed by atoms with E-state index >= 15 is 0 Å². The Morgan fingerprint density at radius 3 is 2.52 bits per heavy atom. The molecule has 3 aliphatic heterocycles. The maximum atomic E-state index is 12.7. The lowest BCUT2D eigenvalue weighted by Gasteiger charge is -2.39. The maximum absolute atomic E-state index is 12.7. The molecule has 0 radical (unpaired) electrons. The standard InChI is InChI=1S/C20H26N4O3/c1-22-13-16(21-19(22)27)18(26)23-9-7-20(8-10-23)11-17(25)24(14-20)12-15-5-3-2-4-6-15/h2-6,16H,7-14H2,1H3,(H,21,27)/t16-/m1/s1. The SMILES string of the molecule is CN1C[C@H](C(=O)N2CCC3(CC2)CC(=O)N(Cc2ccccc2)C3)NC1=O. The number of urea groups is 1. The van der Waals surface area contributed by atoms with E-state index in [0.717, 1.165) is 24.9 Å². The molecule has 1 atom stereocenters. The van der Waals surface area contributed by atoms with Gasteiger partial charge in [0.25, 0.3) is 0 Å². The highest BCUT2D eigenvalue weighted by Gasteiger charge is 2.46. The number of benzene rings is 1. The molecule has 1 aromatic rings. The van der Waals surface area contributed by atoms with Gasteiger partial charge in [-0.3, -0.25) is 9.59 Å². The number of piperidine rings is 1. The Balaban J connectivity index is 1.34. The Kier molecular flexibility index (Phi) is 4.53. The molecule has 1 aromatic carbocycles. The lowest BCUT2D eigenvalue weighted by Crippen LogP contribution is -2.50. The van der Waals surface area contributed by atoms with E-state index in [1.807, 2.05) is 40.1 Å². The summed E-state index contributed by atoms with van der Waals surface area (Å²) in [7, 11) is 1.69. The Bertz CT molecular complexity index is 743. The van der Waals surface area contributed by atoms with Crippen LogP contribution in [-0.4, -0.2) is 71.8 Å². The smallest absolute Gasteiger partial charge is 0.317 e. The third-order valence-electron chi connectivity index (χ3n) is 6.16. The number of nitrogens with zero attached hydrogens (tertiary/aromatic N) is 3. The van der Waals surface area contributed by atoms with Gasteiger partial charge in [0.05, 0.1) is 6.54 Å². The summed E-state index contributed by atoms with van der Waals surface area (Å²) in [6, 6.07) is 9.42. The number of rotatable bonds is 3. The summed E-state index contributed by atoms with van der Waals surface area (Å²) >= 11 is 0. The molecule has 0 saturated carbocycles. The highest BCUT2D eigenvalue weighted by Crippen LogP contribution is 2.41. The van der Waals surface area contributed by atoms with Crippen molar-refractivity contribution in [2.45, 2.75) is 31.8 Å². The van der Waals surface area contributed by atoms with Gasteiger partial charge in [0.2, 0.25) is 11.8 Å². The molecular formula is C20H26N4O3. The highest BCUT2D eigenvalue weighted by molar-refractivity contribution is 5.90. The number of hydrogen-bond donors (Lipinski definition) is 1. The number of likely N-dealkylation sites (tertiary alicyclic amines) is 2. The van der Waals surface area contributed by atoms with Crippen molar-refractivity contribution in [3.63, 3.8) is 0 Å². The lowest BCUT2D eigenvalue weighted by molar-refractivity contribution is -0.135. The van der Waals surface area contributed by atoms with Gasteiger partial charge in [-0.15, -0.1) is 0 Å². The van der Waals surface area contributed by atoms with Gasteiger partial charge in [-0.1, -0.05) is 30.3 Å². The Labute approximate surface area is 159 Å². The zero-order chi connectivity index (χ0) is 19.0. The Morgan fingerprint density at radius 2 is 1.89 bits per heavy atom. The van der Waals surface area contributed by atoms with Crippen molar-refractivity contribution in [1.29, 1.82) is 0 Å². The molecule has 0 unspecified atom stereocenters. The molecule has 27 heavy (non-hydrogen) atoms. The predicted octanol–water partition coefficient (Wildman–Crippen LogP) is 1.05. The van der Waals surface area contributed by atoms with Crippen molar-refractivity contribution >= 4 is 17.8 Å². The molecule has 1 N–H and O–H groups in total. The quantitative estimate of drug-likeness (QED) is 0.864. The van der Waals surface area contributed by atoms with Gasteiger partial charge >= 0.3 is 6.03 Å². The summed E-state index contributed by atoms with van der Waals surface area (Å²) < 4.78 is 0. The fraction of sp³-hybridized carbons (Fsp3) is 0.550. The second-order valence-corrected chi connectivity index (χ2v) is 8.12. The topological polar surface area (TPSA) is 73.0 Å². The van der Waals surface area contributed by atoms with E-state index in [2.05, 4.69) is 5.32 Å². The van der Waals surface area contributed by atoms with Crippen LogP contribution in [0.3, 0.4) is 0 Å². The Hall–Kier alpha value is -2.57. The van der Waals surface area contributed by atoms with E-state index in [1.165, 1.54) is 4.90 Å². The molecule has 7 heteroatoms. The van der Waals surface area contributed by atoms with Gasteiger partial charge in [0.15, 0.2) is 0 Å². The summed E-state index contributed by atoms with van der Waals surface area (Å²) in [6.45, 7) is 3.15. The third-order valence-corrected chi connectivity index (χ3v) is 6.16. The van der Waals surface area contributed by atoms with Crippen molar-refractivity contribution in [1.82, 2.24) is 20.0 Å². The summed E-state index contributed by atoms with van der Waals surface area (Å²) in [4.78, 5) is 42.1. The van der Waals surface area contributed by atoms with Crippen LogP contribution in [0.15, 0.2) is 30.3 Å². The van der Waals surface area contributed by atoms with Crippen LogP contribution in [-0.2, 0) is 16.1 Å². The van der Waals surface area contributed by atoms with Gasteiger partial charge in [0.1, 0.15) is 6.04 Å². The maximum Gasteiger partial charge on any atom is 0.317 e. The van der Waals surface area contributed by atoms with E-state index in [4.69, 9.17) is 0 Å². The minimum Gasteiger partial charge on any atom is -0.341 e.